The van der Waals surface area contributed by atoms with Crippen LogP contribution in [0.15, 0.2) is 48.5 Å². The molecular weight excluding hydrogens is 521 g/mol. The summed E-state index contributed by atoms with van der Waals surface area (Å²) in [6.07, 6.45) is 2.12. The van der Waals surface area contributed by atoms with Crippen molar-refractivity contribution in [1.29, 1.82) is 0 Å². The fourth-order valence-electron chi connectivity index (χ4n) is 4.63. The molecule has 200 valence electrons. The number of rotatable bonds is 9. The van der Waals surface area contributed by atoms with Gasteiger partial charge in [0.1, 0.15) is 22.4 Å². The first-order chi connectivity index (χ1) is 19.0. The predicted molar refractivity (Wildman–Crippen MR) is 148 cm³/mol. The van der Waals surface area contributed by atoms with Gasteiger partial charge < -0.3 is 28.8 Å². The van der Waals surface area contributed by atoms with Gasteiger partial charge in [-0.25, -0.2) is 9.37 Å². The van der Waals surface area contributed by atoms with Gasteiger partial charge in [0.15, 0.2) is 11.5 Å². The number of aromatic nitrogens is 4. The van der Waals surface area contributed by atoms with Gasteiger partial charge >= 0.3 is 0 Å². The van der Waals surface area contributed by atoms with Crippen LogP contribution in [0.1, 0.15) is 18.9 Å². The van der Waals surface area contributed by atoms with Gasteiger partial charge in [-0.05, 0) is 43.2 Å². The SMILES string of the molecule is COc1cc2c(cc1Nc1nnc(-c3cc(OC)c(OC)c(OC)c3)s1)nc(-c1cccc(F)c1)n2C1CC1. The predicted octanol–water partition coefficient (Wildman–Crippen LogP) is 6.47. The zero-order valence-electron chi connectivity index (χ0n) is 21.8. The van der Waals surface area contributed by atoms with Crippen molar-refractivity contribution in [2.45, 2.75) is 18.9 Å². The van der Waals surface area contributed by atoms with Crippen molar-refractivity contribution in [3.05, 3.63) is 54.3 Å². The molecule has 2 aromatic heterocycles. The van der Waals surface area contributed by atoms with Crippen LogP contribution in [-0.4, -0.2) is 48.2 Å². The van der Waals surface area contributed by atoms with Crippen molar-refractivity contribution in [3.63, 3.8) is 0 Å². The van der Waals surface area contributed by atoms with Crippen LogP contribution in [0.5, 0.6) is 23.0 Å². The Morgan fingerprint density at radius 1 is 0.872 bits per heavy atom. The summed E-state index contributed by atoms with van der Waals surface area (Å²) in [5.41, 5.74) is 3.93. The third kappa shape index (κ3) is 4.59. The number of hydrogen-bond donors (Lipinski definition) is 1. The molecule has 0 unspecified atom stereocenters. The van der Waals surface area contributed by atoms with E-state index in [0.29, 0.717) is 44.9 Å². The summed E-state index contributed by atoms with van der Waals surface area (Å²) in [6, 6.07) is 14.4. The monoisotopic (exact) mass is 547 g/mol. The Labute approximate surface area is 228 Å². The molecule has 1 fully saturated rings. The average molecular weight is 548 g/mol. The number of imidazole rings is 1. The molecular formula is C28H26FN5O4S. The van der Waals surface area contributed by atoms with Crippen LogP contribution >= 0.6 is 11.3 Å². The Hall–Kier alpha value is -4.38. The van der Waals surface area contributed by atoms with Crippen LogP contribution in [0, 0.1) is 5.82 Å². The molecule has 0 radical (unpaired) electrons. The number of anilines is 2. The van der Waals surface area contributed by atoms with Gasteiger partial charge in [0, 0.05) is 23.2 Å². The maximum Gasteiger partial charge on any atom is 0.210 e. The van der Waals surface area contributed by atoms with Crippen LogP contribution < -0.4 is 24.3 Å². The van der Waals surface area contributed by atoms with Crippen molar-refractivity contribution >= 4 is 33.2 Å². The molecule has 11 heteroatoms. The highest BCUT2D eigenvalue weighted by molar-refractivity contribution is 7.18. The van der Waals surface area contributed by atoms with Crippen molar-refractivity contribution in [2.24, 2.45) is 0 Å². The summed E-state index contributed by atoms with van der Waals surface area (Å²) in [5, 5.41) is 13.3. The Balaban J connectivity index is 1.37. The Kier molecular flexibility index (Phi) is 6.43. The molecule has 39 heavy (non-hydrogen) atoms. The topological polar surface area (TPSA) is 92.6 Å². The van der Waals surface area contributed by atoms with Crippen LogP contribution in [-0.2, 0) is 0 Å². The number of fused-ring (bicyclic) bond motifs is 1. The molecule has 1 saturated carbocycles. The highest BCUT2D eigenvalue weighted by Crippen LogP contribution is 2.45. The smallest absolute Gasteiger partial charge is 0.210 e. The molecule has 0 atom stereocenters. The molecule has 0 aliphatic heterocycles. The molecule has 0 spiro atoms. The fraction of sp³-hybridized carbons (Fsp3) is 0.250. The van der Waals surface area contributed by atoms with E-state index in [1.165, 1.54) is 23.5 Å². The molecule has 5 aromatic rings. The maximum atomic E-state index is 14.0. The molecule has 0 bridgehead atoms. The van der Waals surface area contributed by atoms with E-state index in [2.05, 4.69) is 20.1 Å². The van der Waals surface area contributed by atoms with Crippen molar-refractivity contribution < 1.29 is 23.3 Å². The van der Waals surface area contributed by atoms with E-state index in [0.717, 1.165) is 40.8 Å². The average Bonchev–Trinajstić information content (AvgIpc) is 3.57. The first-order valence-electron chi connectivity index (χ1n) is 12.3. The van der Waals surface area contributed by atoms with Crippen molar-refractivity contribution in [2.75, 3.05) is 33.8 Å². The lowest BCUT2D eigenvalue weighted by Gasteiger charge is -2.13. The largest absolute Gasteiger partial charge is 0.494 e. The van der Waals surface area contributed by atoms with Gasteiger partial charge in [0.05, 0.1) is 45.2 Å². The zero-order chi connectivity index (χ0) is 27.1. The molecule has 9 nitrogen and oxygen atoms in total. The molecule has 1 aliphatic carbocycles. The number of methoxy groups -OCH3 is 4. The second-order valence-corrected chi connectivity index (χ2v) is 10.0. The number of hydrogen-bond acceptors (Lipinski definition) is 9. The van der Waals surface area contributed by atoms with Crippen LogP contribution in [0.3, 0.4) is 0 Å². The minimum atomic E-state index is -0.291. The lowest BCUT2D eigenvalue weighted by atomic mass is 10.2. The van der Waals surface area contributed by atoms with Gasteiger partial charge in [0.2, 0.25) is 10.9 Å². The molecule has 6 rings (SSSR count). The third-order valence-corrected chi connectivity index (χ3v) is 7.47. The van der Waals surface area contributed by atoms with E-state index in [-0.39, 0.29) is 5.82 Å². The highest BCUT2D eigenvalue weighted by atomic mass is 32.1. The third-order valence-electron chi connectivity index (χ3n) is 6.58. The molecule has 1 aliphatic rings. The van der Waals surface area contributed by atoms with Crippen LogP contribution in [0.25, 0.3) is 33.0 Å². The molecule has 1 N–H and O–H groups in total. The van der Waals surface area contributed by atoms with Crippen molar-refractivity contribution in [3.8, 4) is 45.0 Å². The van der Waals surface area contributed by atoms with E-state index in [9.17, 15) is 4.39 Å². The lowest BCUT2D eigenvalue weighted by Crippen LogP contribution is -1.99. The van der Waals surface area contributed by atoms with Crippen LogP contribution in [0.4, 0.5) is 15.2 Å². The highest BCUT2D eigenvalue weighted by Gasteiger charge is 2.29. The van der Waals surface area contributed by atoms with Gasteiger partial charge in [-0.2, -0.15) is 0 Å². The Bertz CT molecular complexity index is 1660. The van der Waals surface area contributed by atoms with Gasteiger partial charge in [-0.15, -0.1) is 10.2 Å². The first-order valence-corrected chi connectivity index (χ1v) is 13.1. The standard InChI is InChI=1S/C28H26FN5O4S/c1-35-22-14-21-19(30-26(34(21)18-8-9-18)15-6-5-7-17(29)10-15)13-20(22)31-28-33-32-27(39-28)16-11-23(36-2)25(38-4)24(12-16)37-3/h5-7,10-14,18H,8-9H2,1-4H3,(H,31,33). The number of ether oxygens (including phenoxy) is 4. The minimum absolute atomic E-state index is 0.291. The lowest BCUT2D eigenvalue weighted by molar-refractivity contribution is 0.324. The molecule has 0 saturated heterocycles. The van der Waals surface area contributed by atoms with Gasteiger partial charge in [-0.1, -0.05) is 23.5 Å². The summed E-state index contributed by atoms with van der Waals surface area (Å²) >= 11 is 1.37. The second kappa shape index (κ2) is 10.1. The maximum absolute atomic E-state index is 14.0. The van der Waals surface area contributed by atoms with E-state index < -0.39 is 0 Å². The summed E-state index contributed by atoms with van der Waals surface area (Å²) in [4.78, 5) is 4.90. The summed E-state index contributed by atoms with van der Waals surface area (Å²) in [5.74, 6) is 2.66. The summed E-state index contributed by atoms with van der Waals surface area (Å²) < 4.78 is 38.3. The van der Waals surface area contributed by atoms with Crippen LogP contribution in [0.2, 0.25) is 0 Å². The quantitative estimate of drug-likeness (QED) is 0.224. The molecule has 3 aromatic carbocycles. The Morgan fingerprint density at radius 3 is 2.26 bits per heavy atom. The fourth-order valence-corrected chi connectivity index (χ4v) is 5.38. The van der Waals surface area contributed by atoms with E-state index in [4.69, 9.17) is 23.9 Å². The second-order valence-electron chi connectivity index (χ2n) is 9.04. The summed E-state index contributed by atoms with van der Waals surface area (Å²) in [6.45, 7) is 0. The van der Waals surface area contributed by atoms with Gasteiger partial charge in [0.25, 0.3) is 0 Å². The van der Waals surface area contributed by atoms with Crippen molar-refractivity contribution in [1.82, 2.24) is 19.7 Å². The van der Waals surface area contributed by atoms with E-state index in [1.54, 1.807) is 34.5 Å². The number of benzene rings is 3. The first kappa shape index (κ1) is 24.9. The number of nitrogens with one attached hydrogen (secondary N) is 1. The zero-order valence-corrected chi connectivity index (χ0v) is 22.6. The van der Waals surface area contributed by atoms with E-state index >= 15 is 0 Å². The number of nitrogens with zero attached hydrogens (tertiary/aromatic N) is 4. The number of halogens is 1. The minimum Gasteiger partial charge on any atom is -0.494 e. The molecule has 0 amide bonds. The van der Waals surface area contributed by atoms with E-state index in [1.807, 2.05) is 30.3 Å². The van der Waals surface area contributed by atoms with Gasteiger partial charge in [-0.3, -0.25) is 0 Å². The Morgan fingerprint density at radius 2 is 1.62 bits per heavy atom. The molecule has 2 heterocycles. The summed E-state index contributed by atoms with van der Waals surface area (Å²) in [7, 11) is 6.33. The normalized spacial score (nSPS) is 12.9.